The Morgan fingerprint density at radius 3 is 2.40 bits per heavy atom. The molecule has 2 aromatic rings. The molecule has 25 heavy (non-hydrogen) atoms. The zero-order chi connectivity index (χ0) is 17.8. The first-order chi connectivity index (χ1) is 12.1. The van der Waals surface area contributed by atoms with Crippen LogP contribution in [0.15, 0.2) is 46.1 Å². The van der Waals surface area contributed by atoms with Crippen LogP contribution in [0.25, 0.3) is 0 Å². The van der Waals surface area contributed by atoms with Crippen LogP contribution in [-0.2, 0) is 13.1 Å². The van der Waals surface area contributed by atoms with Crippen LogP contribution in [0.1, 0.15) is 37.3 Å². The molecule has 0 spiro atoms. The number of hydrogen-bond donors (Lipinski definition) is 0. The van der Waals surface area contributed by atoms with Gasteiger partial charge in [-0.2, -0.15) is 0 Å². The molecule has 0 amide bonds. The zero-order valence-corrected chi connectivity index (χ0v) is 15.1. The van der Waals surface area contributed by atoms with E-state index in [1.807, 2.05) is 30.3 Å². The first-order valence-corrected chi connectivity index (χ1v) is 9.15. The molecule has 2 heterocycles. The molecule has 5 nitrogen and oxygen atoms in total. The van der Waals surface area contributed by atoms with Crippen LogP contribution in [0.2, 0.25) is 0 Å². The molecule has 1 aliphatic rings. The number of aryl methyl sites for hydroxylation is 1. The summed E-state index contributed by atoms with van der Waals surface area (Å²) in [5, 5.41) is 0. The van der Waals surface area contributed by atoms with E-state index in [4.69, 9.17) is 0 Å². The highest BCUT2D eigenvalue weighted by atomic mass is 16.2. The first kappa shape index (κ1) is 17.7. The fourth-order valence-electron chi connectivity index (χ4n) is 3.59. The Balaban J connectivity index is 1.88. The summed E-state index contributed by atoms with van der Waals surface area (Å²) in [6.45, 7) is 6.94. The third-order valence-corrected chi connectivity index (χ3v) is 5.07. The maximum atomic E-state index is 12.9. The van der Waals surface area contributed by atoms with Crippen LogP contribution in [-0.4, -0.2) is 33.2 Å². The van der Waals surface area contributed by atoms with Crippen LogP contribution in [0.5, 0.6) is 0 Å². The Morgan fingerprint density at radius 2 is 1.72 bits per heavy atom. The number of benzene rings is 1. The first-order valence-electron chi connectivity index (χ1n) is 9.15. The highest BCUT2D eigenvalue weighted by Gasteiger charge is 2.19. The predicted molar refractivity (Wildman–Crippen MR) is 100 cm³/mol. The SMILES string of the molecule is Cc1cn(Cc2ccccc2)c(=O)n(CC(C)N2CCCCC2)c1=O. The van der Waals surface area contributed by atoms with Crippen molar-refractivity contribution in [1.29, 1.82) is 0 Å². The number of nitrogens with zero attached hydrogens (tertiary/aromatic N) is 3. The smallest absolute Gasteiger partial charge is 0.299 e. The maximum Gasteiger partial charge on any atom is 0.331 e. The number of rotatable bonds is 5. The van der Waals surface area contributed by atoms with Crippen molar-refractivity contribution in [2.45, 2.75) is 52.2 Å². The molecule has 0 radical (unpaired) electrons. The lowest BCUT2D eigenvalue weighted by Crippen LogP contribution is -2.47. The third kappa shape index (κ3) is 4.10. The normalized spacial score (nSPS) is 16.7. The van der Waals surface area contributed by atoms with Crippen molar-refractivity contribution in [2.24, 2.45) is 0 Å². The highest BCUT2D eigenvalue weighted by molar-refractivity contribution is 5.15. The van der Waals surface area contributed by atoms with E-state index < -0.39 is 0 Å². The monoisotopic (exact) mass is 341 g/mol. The molecule has 1 saturated heterocycles. The molecule has 1 atom stereocenters. The quantitative estimate of drug-likeness (QED) is 0.838. The lowest BCUT2D eigenvalue weighted by Gasteiger charge is -2.32. The maximum absolute atomic E-state index is 12.9. The van der Waals surface area contributed by atoms with Gasteiger partial charge >= 0.3 is 5.69 Å². The molecule has 134 valence electrons. The molecule has 0 aliphatic carbocycles. The minimum Gasteiger partial charge on any atom is -0.299 e. The minimum atomic E-state index is -0.219. The second-order valence-electron chi connectivity index (χ2n) is 7.07. The van der Waals surface area contributed by atoms with Gasteiger partial charge in [0.25, 0.3) is 5.56 Å². The molecule has 3 rings (SSSR count). The van der Waals surface area contributed by atoms with E-state index in [0.29, 0.717) is 18.7 Å². The van der Waals surface area contributed by atoms with Gasteiger partial charge in [-0.3, -0.25) is 18.8 Å². The second kappa shape index (κ2) is 7.83. The number of likely N-dealkylation sites (tertiary alicyclic amines) is 1. The molecule has 5 heteroatoms. The van der Waals surface area contributed by atoms with Crippen molar-refractivity contribution in [3.8, 4) is 0 Å². The van der Waals surface area contributed by atoms with Crippen LogP contribution in [0, 0.1) is 6.92 Å². The van der Waals surface area contributed by atoms with E-state index in [2.05, 4.69) is 11.8 Å². The molecule has 0 saturated carbocycles. The Hall–Kier alpha value is -2.14. The fourth-order valence-corrected chi connectivity index (χ4v) is 3.59. The van der Waals surface area contributed by atoms with Crippen molar-refractivity contribution in [2.75, 3.05) is 13.1 Å². The Bertz CT molecular complexity index is 817. The zero-order valence-electron chi connectivity index (χ0n) is 15.1. The van der Waals surface area contributed by atoms with Gasteiger partial charge in [-0.25, -0.2) is 4.79 Å². The van der Waals surface area contributed by atoms with E-state index in [1.165, 1.54) is 23.8 Å². The summed E-state index contributed by atoms with van der Waals surface area (Å²) in [7, 11) is 0. The van der Waals surface area contributed by atoms with E-state index in [-0.39, 0.29) is 17.3 Å². The highest BCUT2D eigenvalue weighted by Crippen LogP contribution is 2.12. The summed E-state index contributed by atoms with van der Waals surface area (Å²) in [6, 6.07) is 10.1. The van der Waals surface area contributed by atoms with E-state index in [1.54, 1.807) is 17.7 Å². The van der Waals surface area contributed by atoms with Crippen molar-refractivity contribution < 1.29 is 0 Å². The third-order valence-electron chi connectivity index (χ3n) is 5.07. The summed E-state index contributed by atoms with van der Waals surface area (Å²) in [6.07, 6.45) is 5.35. The van der Waals surface area contributed by atoms with Crippen LogP contribution in [0.4, 0.5) is 0 Å². The summed E-state index contributed by atoms with van der Waals surface area (Å²) >= 11 is 0. The van der Waals surface area contributed by atoms with Gasteiger partial charge in [0.2, 0.25) is 0 Å². The predicted octanol–water partition coefficient (Wildman–Crippen LogP) is 2.24. The van der Waals surface area contributed by atoms with Gasteiger partial charge in [0.05, 0.1) is 6.54 Å². The van der Waals surface area contributed by atoms with Crippen LogP contribution < -0.4 is 11.2 Å². The van der Waals surface area contributed by atoms with Gasteiger partial charge in [-0.05, 0) is 45.3 Å². The summed E-state index contributed by atoms with van der Waals surface area (Å²) in [5.41, 5.74) is 1.28. The molecule has 0 N–H and O–H groups in total. The molecule has 1 aliphatic heterocycles. The van der Waals surface area contributed by atoms with Gasteiger partial charge < -0.3 is 0 Å². The van der Waals surface area contributed by atoms with Gasteiger partial charge in [-0.1, -0.05) is 36.8 Å². The van der Waals surface area contributed by atoms with Crippen molar-refractivity contribution in [3.63, 3.8) is 0 Å². The average Bonchev–Trinajstić information content (AvgIpc) is 2.64. The van der Waals surface area contributed by atoms with Crippen molar-refractivity contribution in [1.82, 2.24) is 14.0 Å². The Morgan fingerprint density at radius 1 is 1.04 bits per heavy atom. The lowest BCUT2D eigenvalue weighted by atomic mass is 10.1. The number of hydrogen-bond acceptors (Lipinski definition) is 3. The number of aromatic nitrogens is 2. The van der Waals surface area contributed by atoms with Gasteiger partial charge in [0.1, 0.15) is 0 Å². The summed E-state index contributed by atoms with van der Waals surface area (Å²) < 4.78 is 3.06. The molecule has 1 unspecified atom stereocenters. The van der Waals surface area contributed by atoms with Crippen LogP contribution >= 0.6 is 0 Å². The fraction of sp³-hybridized carbons (Fsp3) is 0.500. The van der Waals surface area contributed by atoms with Gasteiger partial charge in [0, 0.05) is 24.3 Å². The van der Waals surface area contributed by atoms with E-state index in [0.717, 1.165) is 18.7 Å². The molecule has 1 aromatic carbocycles. The van der Waals surface area contributed by atoms with Crippen molar-refractivity contribution >= 4 is 0 Å². The Labute approximate surface area is 148 Å². The molecular weight excluding hydrogens is 314 g/mol. The minimum absolute atomic E-state index is 0.168. The second-order valence-corrected chi connectivity index (χ2v) is 7.07. The van der Waals surface area contributed by atoms with Crippen LogP contribution in [0.3, 0.4) is 0 Å². The summed E-state index contributed by atoms with van der Waals surface area (Å²) in [4.78, 5) is 27.8. The van der Waals surface area contributed by atoms with Crippen molar-refractivity contribution in [3.05, 3.63) is 68.5 Å². The summed E-state index contributed by atoms with van der Waals surface area (Å²) in [5.74, 6) is 0. The average molecular weight is 341 g/mol. The lowest BCUT2D eigenvalue weighted by molar-refractivity contribution is 0.157. The molecular formula is C20H27N3O2. The topological polar surface area (TPSA) is 47.2 Å². The number of piperidine rings is 1. The Kier molecular flexibility index (Phi) is 5.53. The van der Waals surface area contributed by atoms with E-state index >= 15 is 0 Å². The van der Waals surface area contributed by atoms with Gasteiger partial charge in [0.15, 0.2) is 0 Å². The van der Waals surface area contributed by atoms with E-state index in [9.17, 15) is 9.59 Å². The standard InChI is InChI=1S/C20H27N3O2/c1-16-13-22(15-18-9-5-3-6-10-18)20(25)23(19(16)24)14-17(2)21-11-7-4-8-12-21/h3,5-6,9-10,13,17H,4,7-8,11-12,14-15H2,1-2H3. The van der Waals surface area contributed by atoms with Gasteiger partial charge in [-0.15, -0.1) is 0 Å². The molecule has 0 bridgehead atoms. The largest absolute Gasteiger partial charge is 0.331 e. The molecule has 1 fully saturated rings. The molecule has 1 aromatic heterocycles.